The summed E-state index contributed by atoms with van der Waals surface area (Å²) in [6, 6.07) is 12.8. The number of benzene rings is 2. The minimum Gasteiger partial charge on any atom is -0.323 e. The molecule has 0 spiro atoms. The van der Waals surface area contributed by atoms with Crippen LogP contribution in [-0.2, 0) is 4.79 Å². The molecule has 6 nitrogen and oxygen atoms in total. The summed E-state index contributed by atoms with van der Waals surface area (Å²) in [5.74, 6) is 0.252. The van der Waals surface area contributed by atoms with Crippen LogP contribution in [0.2, 0.25) is 5.02 Å². The highest BCUT2D eigenvalue weighted by Gasteiger charge is 2.21. The van der Waals surface area contributed by atoms with E-state index in [-0.39, 0.29) is 16.6 Å². The van der Waals surface area contributed by atoms with Gasteiger partial charge in [-0.05, 0) is 30.5 Å². The van der Waals surface area contributed by atoms with Crippen molar-refractivity contribution in [2.24, 2.45) is 5.92 Å². The highest BCUT2D eigenvalue weighted by atomic mass is 35.5. The SMILES string of the molecule is CC(C)CCN[C@@H](C(=O)Nc1ccc([N+](=O)[O-])cc1Cl)c1ccccc1. The Morgan fingerprint density at radius 2 is 1.88 bits per heavy atom. The van der Waals surface area contributed by atoms with E-state index < -0.39 is 11.0 Å². The Bertz CT molecular complexity index is 766. The number of non-ortho nitro benzene ring substituents is 1. The largest absolute Gasteiger partial charge is 0.323 e. The van der Waals surface area contributed by atoms with E-state index in [0.717, 1.165) is 12.0 Å². The van der Waals surface area contributed by atoms with Gasteiger partial charge in [-0.15, -0.1) is 0 Å². The zero-order chi connectivity index (χ0) is 19.1. The second-order valence-electron chi connectivity index (χ2n) is 6.39. The third kappa shape index (κ3) is 5.54. The maximum atomic E-state index is 12.8. The van der Waals surface area contributed by atoms with Crippen LogP contribution in [0, 0.1) is 16.0 Å². The van der Waals surface area contributed by atoms with Crippen molar-refractivity contribution >= 4 is 28.9 Å². The molecule has 138 valence electrons. The van der Waals surface area contributed by atoms with Crippen molar-refractivity contribution in [1.82, 2.24) is 5.32 Å². The lowest BCUT2D eigenvalue weighted by atomic mass is 10.0. The van der Waals surface area contributed by atoms with Crippen LogP contribution in [0.4, 0.5) is 11.4 Å². The molecular formula is C19H22ClN3O3. The zero-order valence-corrected chi connectivity index (χ0v) is 15.5. The van der Waals surface area contributed by atoms with Gasteiger partial charge < -0.3 is 10.6 Å². The first-order valence-corrected chi connectivity index (χ1v) is 8.79. The van der Waals surface area contributed by atoms with Crippen LogP contribution < -0.4 is 10.6 Å². The van der Waals surface area contributed by atoms with E-state index in [2.05, 4.69) is 24.5 Å². The number of carbonyl (C=O) groups is 1. The van der Waals surface area contributed by atoms with Gasteiger partial charge >= 0.3 is 0 Å². The molecule has 2 rings (SSSR count). The van der Waals surface area contributed by atoms with Gasteiger partial charge in [0.05, 0.1) is 15.6 Å². The van der Waals surface area contributed by atoms with E-state index in [1.54, 1.807) is 0 Å². The van der Waals surface area contributed by atoms with Gasteiger partial charge in [0.15, 0.2) is 0 Å². The molecule has 2 aromatic rings. The smallest absolute Gasteiger partial charge is 0.271 e. The van der Waals surface area contributed by atoms with E-state index in [4.69, 9.17) is 11.6 Å². The molecule has 0 radical (unpaired) electrons. The number of nitro groups is 1. The molecule has 2 aromatic carbocycles. The Morgan fingerprint density at radius 1 is 1.19 bits per heavy atom. The van der Waals surface area contributed by atoms with Crippen LogP contribution in [0.3, 0.4) is 0 Å². The van der Waals surface area contributed by atoms with Crippen molar-refractivity contribution in [2.45, 2.75) is 26.3 Å². The standard InChI is InChI=1S/C19H22ClN3O3/c1-13(2)10-11-21-18(14-6-4-3-5-7-14)19(24)22-17-9-8-15(23(25)26)12-16(17)20/h3-9,12-13,18,21H,10-11H2,1-2H3,(H,22,24)/t18-/m1/s1. The van der Waals surface area contributed by atoms with Crippen molar-refractivity contribution in [2.75, 3.05) is 11.9 Å². The minimum atomic E-state index is -0.541. The zero-order valence-electron chi connectivity index (χ0n) is 14.7. The Kier molecular flexibility index (Phi) is 7.12. The summed E-state index contributed by atoms with van der Waals surface area (Å²) in [6.45, 7) is 4.94. The van der Waals surface area contributed by atoms with Gasteiger partial charge in [0.1, 0.15) is 6.04 Å². The number of hydrogen-bond acceptors (Lipinski definition) is 4. The number of amides is 1. The fourth-order valence-corrected chi connectivity index (χ4v) is 2.67. The number of hydrogen-bond donors (Lipinski definition) is 2. The Balaban J connectivity index is 2.17. The summed E-state index contributed by atoms with van der Waals surface area (Å²) in [5, 5.41) is 17.0. The highest BCUT2D eigenvalue weighted by Crippen LogP contribution is 2.27. The lowest BCUT2D eigenvalue weighted by Gasteiger charge is -2.20. The molecule has 1 atom stereocenters. The first-order chi connectivity index (χ1) is 12.4. The van der Waals surface area contributed by atoms with E-state index in [1.807, 2.05) is 30.3 Å². The van der Waals surface area contributed by atoms with Gasteiger partial charge in [0.2, 0.25) is 5.91 Å². The molecule has 0 unspecified atom stereocenters. The number of halogens is 1. The third-order valence-corrected chi connectivity index (χ3v) is 4.20. The minimum absolute atomic E-state index is 0.123. The molecule has 0 aliphatic heterocycles. The molecule has 0 fully saturated rings. The van der Waals surface area contributed by atoms with Crippen molar-refractivity contribution < 1.29 is 9.72 Å². The Morgan fingerprint density at radius 3 is 2.46 bits per heavy atom. The number of nitrogens with zero attached hydrogens (tertiary/aromatic N) is 1. The first-order valence-electron chi connectivity index (χ1n) is 8.41. The second-order valence-corrected chi connectivity index (χ2v) is 6.80. The molecule has 0 saturated carbocycles. The normalized spacial score (nSPS) is 12.0. The third-order valence-electron chi connectivity index (χ3n) is 3.89. The fourth-order valence-electron chi connectivity index (χ4n) is 2.45. The second kappa shape index (κ2) is 9.31. The van der Waals surface area contributed by atoms with E-state index >= 15 is 0 Å². The van der Waals surface area contributed by atoms with Gasteiger partial charge in [-0.1, -0.05) is 55.8 Å². The van der Waals surface area contributed by atoms with Crippen molar-refractivity contribution in [3.63, 3.8) is 0 Å². The number of anilines is 1. The fraction of sp³-hybridized carbons (Fsp3) is 0.316. The molecule has 26 heavy (non-hydrogen) atoms. The number of nitrogens with one attached hydrogen (secondary N) is 2. The molecule has 7 heteroatoms. The topological polar surface area (TPSA) is 84.3 Å². The highest BCUT2D eigenvalue weighted by molar-refractivity contribution is 6.34. The molecule has 0 aromatic heterocycles. The van der Waals surface area contributed by atoms with Crippen molar-refractivity contribution in [1.29, 1.82) is 0 Å². The van der Waals surface area contributed by atoms with Crippen LogP contribution >= 0.6 is 11.6 Å². The van der Waals surface area contributed by atoms with Crippen molar-refractivity contribution in [3.05, 3.63) is 69.2 Å². The molecular weight excluding hydrogens is 354 g/mol. The summed E-state index contributed by atoms with van der Waals surface area (Å²) >= 11 is 6.07. The monoisotopic (exact) mass is 375 g/mol. The van der Waals surface area contributed by atoms with E-state index in [0.29, 0.717) is 18.2 Å². The quantitative estimate of drug-likeness (QED) is 0.523. The van der Waals surface area contributed by atoms with Gasteiger partial charge in [-0.2, -0.15) is 0 Å². The van der Waals surface area contributed by atoms with E-state index in [9.17, 15) is 14.9 Å². The van der Waals surface area contributed by atoms with Crippen molar-refractivity contribution in [3.8, 4) is 0 Å². The lowest BCUT2D eigenvalue weighted by Crippen LogP contribution is -2.34. The predicted octanol–water partition coefficient (Wildman–Crippen LogP) is 4.56. The summed E-state index contributed by atoms with van der Waals surface area (Å²) in [7, 11) is 0. The Hall–Kier alpha value is -2.44. The lowest BCUT2D eigenvalue weighted by molar-refractivity contribution is -0.384. The summed E-state index contributed by atoms with van der Waals surface area (Å²) in [4.78, 5) is 23.1. The number of carbonyl (C=O) groups excluding carboxylic acids is 1. The van der Waals surface area contributed by atoms with Crippen LogP contribution in [0.1, 0.15) is 31.9 Å². The average Bonchev–Trinajstić information content (AvgIpc) is 2.60. The van der Waals surface area contributed by atoms with Gasteiger partial charge in [0, 0.05) is 12.1 Å². The maximum Gasteiger partial charge on any atom is 0.271 e. The molecule has 0 aliphatic rings. The van der Waals surface area contributed by atoms with Crippen LogP contribution in [0.25, 0.3) is 0 Å². The maximum absolute atomic E-state index is 12.8. The molecule has 2 N–H and O–H groups in total. The molecule has 0 aliphatic carbocycles. The predicted molar refractivity (Wildman–Crippen MR) is 103 cm³/mol. The van der Waals surface area contributed by atoms with Crippen LogP contribution in [-0.4, -0.2) is 17.4 Å². The Labute approximate surface area is 157 Å². The van der Waals surface area contributed by atoms with Gasteiger partial charge in [0.25, 0.3) is 5.69 Å². The van der Waals surface area contributed by atoms with Gasteiger partial charge in [-0.3, -0.25) is 14.9 Å². The average molecular weight is 376 g/mol. The molecule has 1 amide bonds. The van der Waals surface area contributed by atoms with Crippen LogP contribution in [0.15, 0.2) is 48.5 Å². The first kappa shape index (κ1) is 19.9. The number of nitro benzene ring substituents is 1. The van der Waals surface area contributed by atoms with Gasteiger partial charge in [-0.25, -0.2) is 0 Å². The summed E-state index contributed by atoms with van der Waals surface area (Å²) < 4.78 is 0. The summed E-state index contributed by atoms with van der Waals surface area (Å²) in [5.41, 5.74) is 1.06. The molecule has 0 saturated heterocycles. The molecule has 0 heterocycles. The number of rotatable bonds is 8. The summed E-state index contributed by atoms with van der Waals surface area (Å²) in [6.07, 6.45) is 0.939. The molecule has 0 bridgehead atoms. The van der Waals surface area contributed by atoms with E-state index in [1.165, 1.54) is 18.2 Å². The van der Waals surface area contributed by atoms with Crippen LogP contribution in [0.5, 0.6) is 0 Å².